The molecule has 0 N–H and O–H groups in total. The zero-order valence-corrected chi connectivity index (χ0v) is 11.1. The number of nitrogens with zero attached hydrogens (tertiary/aromatic N) is 2. The number of para-hydroxylation sites is 1. The maximum absolute atomic E-state index is 5.78. The first-order valence-corrected chi connectivity index (χ1v) is 6.32. The zero-order chi connectivity index (χ0) is 13.2. The highest BCUT2D eigenvalue weighted by Crippen LogP contribution is 2.24. The highest BCUT2D eigenvalue weighted by Gasteiger charge is 2.08. The monoisotopic (exact) mass is 252 g/mol. The molecule has 96 valence electrons. The third kappa shape index (κ3) is 2.19. The van der Waals surface area contributed by atoms with E-state index in [1.54, 1.807) is 12.4 Å². The minimum atomic E-state index is 0.562. The van der Waals surface area contributed by atoms with Crippen molar-refractivity contribution >= 4 is 10.9 Å². The minimum absolute atomic E-state index is 0.562. The standard InChI is InChI=1S/C16H16N2O/c1-12-5-3-7-15-13(10-18(2)16(12)15)11-19-14-6-4-8-17-9-14/h3-10H,11H2,1-2H3. The highest BCUT2D eigenvalue weighted by molar-refractivity contribution is 5.86. The average Bonchev–Trinajstić information content (AvgIpc) is 2.76. The Bertz CT molecular complexity index is 701. The number of aromatic nitrogens is 2. The lowest BCUT2D eigenvalue weighted by molar-refractivity contribution is 0.306. The number of hydrogen-bond acceptors (Lipinski definition) is 2. The van der Waals surface area contributed by atoms with Crippen molar-refractivity contribution in [1.29, 1.82) is 0 Å². The summed E-state index contributed by atoms with van der Waals surface area (Å²) in [6.45, 7) is 2.70. The summed E-state index contributed by atoms with van der Waals surface area (Å²) in [6, 6.07) is 10.2. The van der Waals surface area contributed by atoms with E-state index in [1.807, 2.05) is 12.1 Å². The fourth-order valence-electron chi connectivity index (χ4n) is 2.46. The van der Waals surface area contributed by atoms with Crippen LogP contribution in [0.25, 0.3) is 10.9 Å². The van der Waals surface area contributed by atoms with E-state index in [1.165, 1.54) is 22.0 Å². The highest BCUT2D eigenvalue weighted by atomic mass is 16.5. The first kappa shape index (κ1) is 11.8. The van der Waals surface area contributed by atoms with E-state index < -0.39 is 0 Å². The molecule has 0 amide bonds. The molecule has 2 heterocycles. The van der Waals surface area contributed by atoms with Gasteiger partial charge in [0.15, 0.2) is 0 Å². The van der Waals surface area contributed by atoms with Gasteiger partial charge in [0, 0.05) is 30.4 Å². The van der Waals surface area contributed by atoms with Crippen LogP contribution in [0.15, 0.2) is 48.9 Å². The van der Waals surface area contributed by atoms with E-state index >= 15 is 0 Å². The molecule has 1 aromatic carbocycles. The van der Waals surface area contributed by atoms with Gasteiger partial charge < -0.3 is 9.30 Å². The van der Waals surface area contributed by atoms with Gasteiger partial charge in [0.25, 0.3) is 0 Å². The number of hydrogen-bond donors (Lipinski definition) is 0. The normalized spacial score (nSPS) is 10.8. The summed E-state index contributed by atoms with van der Waals surface area (Å²) in [6.07, 6.45) is 5.61. The van der Waals surface area contributed by atoms with Gasteiger partial charge in [-0.3, -0.25) is 4.98 Å². The van der Waals surface area contributed by atoms with Crippen LogP contribution in [0.1, 0.15) is 11.1 Å². The number of pyridine rings is 1. The summed E-state index contributed by atoms with van der Waals surface area (Å²) < 4.78 is 7.94. The molecule has 3 rings (SSSR count). The van der Waals surface area contributed by atoms with E-state index in [0.29, 0.717) is 6.61 Å². The van der Waals surface area contributed by atoms with E-state index in [-0.39, 0.29) is 0 Å². The third-order valence-corrected chi connectivity index (χ3v) is 3.31. The van der Waals surface area contributed by atoms with E-state index in [0.717, 1.165) is 5.75 Å². The van der Waals surface area contributed by atoms with Crippen LogP contribution >= 0.6 is 0 Å². The molecule has 19 heavy (non-hydrogen) atoms. The van der Waals surface area contributed by atoms with Crippen LogP contribution in [0, 0.1) is 6.92 Å². The Hall–Kier alpha value is -2.29. The molecule has 0 saturated carbocycles. The molecule has 0 fully saturated rings. The lowest BCUT2D eigenvalue weighted by Crippen LogP contribution is -1.94. The van der Waals surface area contributed by atoms with Gasteiger partial charge in [-0.25, -0.2) is 0 Å². The summed E-state index contributed by atoms with van der Waals surface area (Å²) >= 11 is 0. The Morgan fingerprint density at radius 1 is 1.21 bits per heavy atom. The number of aryl methyl sites for hydroxylation is 2. The minimum Gasteiger partial charge on any atom is -0.487 e. The Labute approximate surface area is 112 Å². The summed E-state index contributed by atoms with van der Waals surface area (Å²) in [4.78, 5) is 4.05. The molecule has 3 nitrogen and oxygen atoms in total. The second-order valence-corrected chi connectivity index (χ2v) is 4.71. The quantitative estimate of drug-likeness (QED) is 0.713. The topological polar surface area (TPSA) is 27.1 Å². The maximum atomic E-state index is 5.78. The van der Waals surface area contributed by atoms with Crippen LogP contribution in [-0.4, -0.2) is 9.55 Å². The van der Waals surface area contributed by atoms with Gasteiger partial charge >= 0.3 is 0 Å². The lowest BCUT2D eigenvalue weighted by atomic mass is 10.1. The second kappa shape index (κ2) is 4.76. The Balaban J connectivity index is 1.92. The predicted octanol–water partition coefficient (Wildman–Crippen LogP) is 3.46. The third-order valence-electron chi connectivity index (χ3n) is 3.31. The van der Waals surface area contributed by atoms with Crippen LogP contribution in [-0.2, 0) is 13.7 Å². The lowest BCUT2D eigenvalue weighted by Gasteiger charge is -2.04. The first-order valence-electron chi connectivity index (χ1n) is 6.32. The van der Waals surface area contributed by atoms with E-state index in [9.17, 15) is 0 Å². The van der Waals surface area contributed by atoms with Crippen LogP contribution in [0.5, 0.6) is 5.75 Å². The molecule has 0 atom stereocenters. The van der Waals surface area contributed by atoms with Gasteiger partial charge in [0.05, 0.1) is 11.7 Å². The van der Waals surface area contributed by atoms with Crippen molar-refractivity contribution in [2.45, 2.75) is 13.5 Å². The number of rotatable bonds is 3. The van der Waals surface area contributed by atoms with E-state index in [2.05, 4.69) is 47.9 Å². The fraction of sp³-hybridized carbons (Fsp3) is 0.188. The maximum Gasteiger partial charge on any atom is 0.138 e. The molecule has 0 saturated heterocycles. The summed E-state index contributed by atoms with van der Waals surface area (Å²) in [5, 5.41) is 1.26. The molecular formula is C16H16N2O. The van der Waals surface area contributed by atoms with Crippen LogP contribution in [0.2, 0.25) is 0 Å². The van der Waals surface area contributed by atoms with Crippen molar-refractivity contribution < 1.29 is 4.74 Å². The van der Waals surface area contributed by atoms with Gasteiger partial charge in [-0.1, -0.05) is 18.2 Å². The van der Waals surface area contributed by atoms with Gasteiger partial charge in [0.1, 0.15) is 12.4 Å². The van der Waals surface area contributed by atoms with Gasteiger partial charge in [0.2, 0.25) is 0 Å². The van der Waals surface area contributed by atoms with Crippen LogP contribution < -0.4 is 4.74 Å². The molecule has 3 aromatic rings. The number of fused-ring (bicyclic) bond motifs is 1. The molecule has 2 aromatic heterocycles. The van der Waals surface area contributed by atoms with Crippen molar-refractivity contribution in [1.82, 2.24) is 9.55 Å². The van der Waals surface area contributed by atoms with E-state index in [4.69, 9.17) is 4.74 Å². The van der Waals surface area contributed by atoms with Crippen molar-refractivity contribution in [3.63, 3.8) is 0 Å². The molecule has 3 heteroatoms. The fourth-order valence-corrected chi connectivity index (χ4v) is 2.46. The molecule has 0 aliphatic rings. The number of benzene rings is 1. The zero-order valence-electron chi connectivity index (χ0n) is 11.1. The Morgan fingerprint density at radius 2 is 2.11 bits per heavy atom. The number of ether oxygens (including phenoxy) is 1. The van der Waals surface area contributed by atoms with Gasteiger partial charge in [-0.15, -0.1) is 0 Å². The summed E-state index contributed by atoms with van der Waals surface area (Å²) in [5.74, 6) is 0.798. The molecule has 0 aliphatic heterocycles. The Kier molecular flexibility index (Phi) is 2.95. The molecule has 0 aliphatic carbocycles. The molecule has 0 bridgehead atoms. The van der Waals surface area contributed by atoms with Crippen molar-refractivity contribution in [3.05, 3.63) is 60.0 Å². The smallest absolute Gasteiger partial charge is 0.138 e. The van der Waals surface area contributed by atoms with Gasteiger partial charge in [-0.05, 0) is 24.6 Å². The van der Waals surface area contributed by atoms with Crippen molar-refractivity contribution in [3.8, 4) is 5.75 Å². The SMILES string of the molecule is Cc1cccc2c(COc3cccnc3)cn(C)c12. The van der Waals surface area contributed by atoms with Crippen LogP contribution in [0.3, 0.4) is 0 Å². The summed E-state index contributed by atoms with van der Waals surface area (Å²) in [5.41, 5.74) is 3.75. The molecule has 0 spiro atoms. The second-order valence-electron chi connectivity index (χ2n) is 4.71. The first-order chi connectivity index (χ1) is 9.25. The van der Waals surface area contributed by atoms with Crippen molar-refractivity contribution in [2.75, 3.05) is 0 Å². The Morgan fingerprint density at radius 3 is 2.89 bits per heavy atom. The largest absolute Gasteiger partial charge is 0.487 e. The average molecular weight is 252 g/mol. The molecule has 0 radical (unpaired) electrons. The van der Waals surface area contributed by atoms with Gasteiger partial charge in [-0.2, -0.15) is 0 Å². The summed E-state index contributed by atoms with van der Waals surface area (Å²) in [7, 11) is 2.07. The van der Waals surface area contributed by atoms with Crippen molar-refractivity contribution in [2.24, 2.45) is 7.05 Å². The molecule has 0 unspecified atom stereocenters. The van der Waals surface area contributed by atoms with Crippen LogP contribution in [0.4, 0.5) is 0 Å². The molecular weight excluding hydrogens is 236 g/mol. The predicted molar refractivity (Wildman–Crippen MR) is 76.2 cm³/mol.